The van der Waals surface area contributed by atoms with E-state index in [1.807, 2.05) is 0 Å². The van der Waals surface area contributed by atoms with E-state index in [0.717, 1.165) is 24.0 Å². The normalized spacial score (nSPS) is 11.9. The highest BCUT2D eigenvalue weighted by Gasteiger charge is 2.34. The van der Waals surface area contributed by atoms with Crippen LogP contribution in [0.3, 0.4) is 0 Å². The molecule has 4 rings (SSSR count). The van der Waals surface area contributed by atoms with Gasteiger partial charge in [0.1, 0.15) is 18.2 Å². The molecule has 0 aliphatic rings. The van der Waals surface area contributed by atoms with Gasteiger partial charge in [-0.05, 0) is 56.3 Å². The second-order valence-electron chi connectivity index (χ2n) is 8.50. The number of nitrogens with one attached hydrogen (secondary N) is 1. The Labute approximate surface area is 198 Å². The largest absolute Gasteiger partial charge is 0.492 e. The van der Waals surface area contributed by atoms with E-state index in [9.17, 15) is 23.1 Å². The number of imidazole rings is 1. The zero-order valence-corrected chi connectivity index (χ0v) is 18.8. The van der Waals surface area contributed by atoms with Crippen LogP contribution in [-0.4, -0.2) is 37.6 Å². The molecule has 0 spiro atoms. The maximum Gasteiger partial charge on any atom is 0.417 e. The predicted molar refractivity (Wildman–Crippen MR) is 122 cm³/mol. The van der Waals surface area contributed by atoms with Crippen LogP contribution in [-0.2, 0) is 11.0 Å². The minimum atomic E-state index is -4.51. The second kappa shape index (κ2) is 9.21. The molecule has 0 aliphatic heterocycles. The van der Waals surface area contributed by atoms with E-state index in [-0.39, 0.29) is 17.9 Å². The Balaban J connectivity index is 1.49. The van der Waals surface area contributed by atoms with Gasteiger partial charge in [-0.2, -0.15) is 13.2 Å². The maximum atomic E-state index is 13.3. The second-order valence-corrected chi connectivity index (χ2v) is 8.50. The highest BCUT2D eigenvalue weighted by atomic mass is 19.4. The third-order valence-corrected chi connectivity index (χ3v) is 5.36. The summed E-state index contributed by atoms with van der Waals surface area (Å²) in [5.74, 6) is -0.0272. The Morgan fingerprint density at radius 1 is 0.971 bits per heavy atom. The first-order chi connectivity index (χ1) is 16.5. The van der Waals surface area contributed by atoms with Gasteiger partial charge in [-0.3, -0.25) is 14.8 Å². The van der Waals surface area contributed by atoms with Crippen LogP contribution in [0.25, 0.3) is 33.9 Å². The number of carbonyl (C=O) groups is 1. The molecule has 4 aromatic rings. The lowest BCUT2D eigenvalue weighted by Gasteiger charge is -2.19. The van der Waals surface area contributed by atoms with Crippen molar-refractivity contribution in [3.63, 3.8) is 0 Å². The van der Waals surface area contributed by atoms with E-state index in [0.29, 0.717) is 22.8 Å². The number of hydrogen-bond acceptors (Lipinski definition) is 5. The number of alkyl halides is 3. The Kier molecular flexibility index (Phi) is 6.29. The summed E-state index contributed by atoms with van der Waals surface area (Å²) < 4.78 is 45.5. The molecule has 10 heteroatoms. The standard InChI is InChI=1S/C25H21F3N4O3/c1-24(2,23(33)34)14-35-17-6-3-15(4-7-17)20-8-5-16(11-30-20)22-31-13-21(32-22)18-12-29-10-9-19(18)25(26,27)28/h3-13H,14H2,1-2H3,(H,31,32)(H,33,34). The monoisotopic (exact) mass is 482 g/mol. The van der Waals surface area contributed by atoms with Gasteiger partial charge in [0, 0.05) is 35.3 Å². The van der Waals surface area contributed by atoms with Crippen LogP contribution >= 0.6 is 0 Å². The third kappa shape index (κ3) is 5.32. The van der Waals surface area contributed by atoms with Gasteiger partial charge in [-0.1, -0.05) is 0 Å². The van der Waals surface area contributed by atoms with E-state index in [2.05, 4.69) is 19.9 Å². The number of benzene rings is 1. The molecule has 0 atom stereocenters. The van der Waals surface area contributed by atoms with Crippen molar-refractivity contribution in [1.29, 1.82) is 0 Å². The lowest BCUT2D eigenvalue weighted by molar-refractivity contribution is -0.148. The van der Waals surface area contributed by atoms with Gasteiger partial charge in [-0.15, -0.1) is 0 Å². The van der Waals surface area contributed by atoms with Crippen LogP contribution in [0.5, 0.6) is 5.75 Å². The Morgan fingerprint density at radius 2 is 1.69 bits per heavy atom. The lowest BCUT2D eigenvalue weighted by Crippen LogP contribution is -2.30. The molecule has 0 saturated carbocycles. The summed E-state index contributed by atoms with van der Waals surface area (Å²) in [5.41, 5.74) is 0.399. The number of carboxylic acid groups (broad SMARTS) is 1. The number of rotatable bonds is 7. The van der Waals surface area contributed by atoms with E-state index >= 15 is 0 Å². The number of aliphatic carboxylic acids is 1. The number of ether oxygens (including phenoxy) is 1. The Hall–Kier alpha value is -4.21. The van der Waals surface area contributed by atoms with Crippen molar-refractivity contribution in [3.8, 4) is 39.7 Å². The van der Waals surface area contributed by atoms with Crippen LogP contribution in [0.1, 0.15) is 19.4 Å². The molecule has 2 N–H and O–H groups in total. The SMILES string of the molecule is CC(C)(COc1ccc(-c2ccc(-c3ncc(-c4cnccc4C(F)(F)F)[nH]3)cn2)cc1)C(=O)O. The molecule has 0 fully saturated rings. The molecular weight excluding hydrogens is 461 g/mol. The van der Waals surface area contributed by atoms with Gasteiger partial charge in [0.25, 0.3) is 0 Å². The molecule has 0 saturated heterocycles. The molecule has 1 aromatic carbocycles. The topological polar surface area (TPSA) is 101 Å². The molecule has 0 aliphatic carbocycles. The van der Waals surface area contributed by atoms with Crippen molar-refractivity contribution in [1.82, 2.24) is 19.9 Å². The molecule has 7 nitrogen and oxygen atoms in total. The lowest BCUT2D eigenvalue weighted by atomic mass is 9.95. The zero-order chi connectivity index (χ0) is 25.2. The third-order valence-electron chi connectivity index (χ3n) is 5.36. The average molecular weight is 482 g/mol. The highest BCUT2D eigenvalue weighted by molar-refractivity contribution is 5.73. The minimum absolute atomic E-state index is 0.0310. The van der Waals surface area contributed by atoms with Gasteiger partial charge in [0.2, 0.25) is 0 Å². The number of carboxylic acids is 1. The molecule has 0 bridgehead atoms. The number of aromatic nitrogens is 4. The predicted octanol–water partition coefficient (Wildman–Crippen LogP) is 5.71. The number of aromatic amines is 1. The Morgan fingerprint density at radius 3 is 2.31 bits per heavy atom. The minimum Gasteiger partial charge on any atom is -0.492 e. The number of pyridine rings is 2. The smallest absolute Gasteiger partial charge is 0.417 e. The summed E-state index contributed by atoms with van der Waals surface area (Å²) >= 11 is 0. The van der Waals surface area contributed by atoms with Crippen LogP contribution in [0.2, 0.25) is 0 Å². The number of halogens is 3. The average Bonchev–Trinajstić information content (AvgIpc) is 3.33. The molecule has 0 amide bonds. The fourth-order valence-electron chi connectivity index (χ4n) is 3.21. The summed E-state index contributed by atoms with van der Waals surface area (Å²) in [7, 11) is 0. The summed E-state index contributed by atoms with van der Waals surface area (Å²) in [6, 6.07) is 11.5. The fraction of sp³-hybridized carbons (Fsp3) is 0.200. The maximum absolute atomic E-state index is 13.3. The summed E-state index contributed by atoms with van der Waals surface area (Å²) in [5, 5.41) is 9.18. The molecule has 35 heavy (non-hydrogen) atoms. The first-order valence-corrected chi connectivity index (χ1v) is 10.5. The van der Waals surface area contributed by atoms with E-state index in [1.165, 1.54) is 6.20 Å². The quantitative estimate of drug-likeness (QED) is 0.350. The Bertz CT molecular complexity index is 1330. The van der Waals surface area contributed by atoms with Crippen LogP contribution < -0.4 is 4.74 Å². The molecule has 3 heterocycles. The summed E-state index contributed by atoms with van der Waals surface area (Å²) in [6.07, 6.45) is 0.643. The van der Waals surface area contributed by atoms with Gasteiger partial charge >= 0.3 is 12.1 Å². The number of hydrogen-bond donors (Lipinski definition) is 2. The van der Waals surface area contributed by atoms with Gasteiger partial charge in [0.15, 0.2) is 0 Å². The van der Waals surface area contributed by atoms with E-state index in [1.54, 1.807) is 56.4 Å². The first kappa shape index (κ1) is 23.9. The van der Waals surface area contributed by atoms with E-state index in [4.69, 9.17) is 4.74 Å². The van der Waals surface area contributed by atoms with Crippen molar-refractivity contribution < 1.29 is 27.8 Å². The van der Waals surface area contributed by atoms with Gasteiger partial charge < -0.3 is 14.8 Å². The van der Waals surface area contributed by atoms with Crippen molar-refractivity contribution >= 4 is 5.97 Å². The summed E-state index contributed by atoms with van der Waals surface area (Å²) in [4.78, 5) is 26.5. The zero-order valence-electron chi connectivity index (χ0n) is 18.8. The fourth-order valence-corrected chi connectivity index (χ4v) is 3.21. The molecular formula is C25H21F3N4O3. The number of H-pyrrole nitrogens is 1. The van der Waals surface area contributed by atoms with Crippen LogP contribution in [0.4, 0.5) is 13.2 Å². The van der Waals surface area contributed by atoms with Crippen LogP contribution in [0, 0.1) is 5.41 Å². The summed E-state index contributed by atoms with van der Waals surface area (Å²) in [6.45, 7) is 3.20. The first-order valence-electron chi connectivity index (χ1n) is 10.5. The molecule has 0 radical (unpaired) electrons. The van der Waals surface area contributed by atoms with Crippen molar-refractivity contribution in [2.45, 2.75) is 20.0 Å². The molecule has 0 unspecified atom stereocenters. The van der Waals surface area contributed by atoms with Crippen molar-refractivity contribution in [2.75, 3.05) is 6.61 Å². The number of nitrogens with zero attached hydrogens (tertiary/aromatic N) is 3. The van der Waals surface area contributed by atoms with Crippen molar-refractivity contribution in [3.05, 3.63) is 72.8 Å². The highest BCUT2D eigenvalue weighted by Crippen LogP contribution is 2.36. The van der Waals surface area contributed by atoms with Crippen molar-refractivity contribution in [2.24, 2.45) is 5.41 Å². The van der Waals surface area contributed by atoms with Crippen LogP contribution in [0.15, 0.2) is 67.3 Å². The van der Waals surface area contributed by atoms with E-state index < -0.39 is 23.1 Å². The van der Waals surface area contributed by atoms with Gasteiger partial charge in [-0.25, -0.2) is 4.98 Å². The molecule has 3 aromatic heterocycles. The molecule has 180 valence electrons. The van der Waals surface area contributed by atoms with Gasteiger partial charge in [0.05, 0.1) is 28.6 Å².